The van der Waals surface area contributed by atoms with Crippen LogP contribution in [0.15, 0.2) is 59.1 Å². The molecule has 3 aromatic rings. The van der Waals surface area contributed by atoms with E-state index < -0.39 is 5.91 Å². The summed E-state index contributed by atoms with van der Waals surface area (Å²) in [6.45, 7) is 1.17. The molecule has 1 aromatic heterocycles. The van der Waals surface area contributed by atoms with Gasteiger partial charge in [0.25, 0.3) is 5.91 Å². The first-order valence-electron chi connectivity index (χ1n) is 9.14. The lowest BCUT2D eigenvalue weighted by molar-refractivity contribution is -0.120. The van der Waals surface area contributed by atoms with E-state index in [0.717, 1.165) is 11.1 Å². The maximum Gasteiger partial charge on any atom is 0.273 e. The second-order valence-corrected chi connectivity index (χ2v) is 6.38. The van der Waals surface area contributed by atoms with Gasteiger partial charge < -0.3 is 24.6 Å². The minimum absolute atomic E-state index is 0.114. The van der Waals surface area contributed by atoms with Gasteiger partial charge in [-0.3, -0.25) is 9.59 Å². The largest absolute Gasteiger partial charge is 0.486 e. The monoisotopic (exact) mass is 393 g/mol. The highest BCUT2D eigenvalue weighted by Crippen LogP contribution is 2.30. The summed E-state index contributed by atoms with van der Waals surface area (Å²) in [5.74, 6) is 1.04. The topological polar surface area (TPSA) is 103 Å². The van der Waals surface area contributed by atoms with E-state index in [0.29, 0.717) is 37.0 Å². The smallest absolute Gasteiger partial charge is 0.273 e. The summed E-state index contributed by atoms with van der Waals surface area (Å²) >= 11 is 0. The Bertz CT molecular complexity index is 1020. The van der Waals surface area contributed by atoms with E-state index in [2.05, 4.69) is 15.8 Å². The summed E-state index contributed by atoms with van der Waals surface area (Å²) < 4.78 is 16.2. The van der Waals surface area contributed by atoms with Crippen LogP contribution < -0.4 is 20.1 Å². The number of nitrogens with one attached hydrogen (secondary N) is 2. The Labute approximate surface area is 166 Å². The molecule has 0 unspecified atom stereocenters. The van der Waals surface area contributed by atoms with E-state index in [9.17, 15) is 9.59 Å². The molecule has 2 N–H and O–H groups in total. The number of amides is 2. The van der Waals surface area contributed by atoms with Gasteiger partial charge in [0.1, 0.15) is 13.2 Å². The molecule has 4 rings (SSSR count). The summed E-state index contributed by atoms with van der Waals surface area (Å²) in [6, 6.07) is 16.4. The quantitative estimate of drug-likeness (QED) is 0.665. The fourth-order valence-corrected chi connectivity index (χ4v) is 2.83. The van der Waals surface area contributed by atoms with Crippen LogP contribution in [0.25, 0.3) is 11.3 Å². The number of nitrogens with zero attached hydrogens (tertiary/aromatic N) is 1. The predicted molar refractivity (Wildman–Crippen MR) is 104 cm³/mol. The van der Waals surface area contributed by atoms with E-state index >= 15 is 0 Å². The Balaban J connectivity index is 1.26. The van der Waals surface area contributed by atoms with Gasteiger partial charge in [-0.1, -0.05) is 41.6 Å². The van der Waals surface area contributed by atoms with E-state index in [1.54, 1.807) is 0 Å². The second kappa shape index (κ2) is 8.47. The van der Waals surface area contributed by atoms with Gasteiger partial charge in [0.2, 0.25) is 5.91 Å². The van der Waals surface area contributed by atoms with E-state index in [-0.39, 0.29) is 18.1 Å². The minimum atomic E-state index is -0.481. The number of carbonyl (C=O) groups is 2. The molecule has 0 fully saturated rings. The van der Waals surface area contributed by atoms with E-state index in [1.165, 1.54) is 6.07 Å². The number of ether oxygens (including phenoxy) is 2. The lowest BCUT2D eigenvalue weighted by Crippen LogP contribution is -2.36. The van der Waals surface area contributed by atoms with Crippen LogP contribution in [0, 0.1) is 0 Å². The Morgan fingerprint density at radius 2 is 1.72 bits per heavy atom. The number of benzene rings is 2. The van der Waals surface area contributed by atoms with Gasteiger partial charge in [-0.25, -0.2) is 0 Å². The molecule has 0 aliphatic carbocycles. The molecule has 1 aliphatic rings. The molecular formula is C21H19N3O5. The molecule has 0 bridgehead atoms. The minimum Gasteiger partial charge on any atom is -0.486 e. The SMILES string of the molecule is O=C(CNC(=O)c1cc(-c2ccccc2)on1)NCc1ccc2c(c1)OCCO2. The third-order valence-corrected chi connectivity index (χ3v) is 4.31. The van der Waals surface area contributed by atoms with Crippen LogP contribution in [0.2, 0.25) is 0 Å². The molecule has 2 aromatic carbocycles. The third-order valence-electron chi connectivity index (χ3n) is 4.31. The Morgan fingerprint density at radius 1 is 0.931 bits per heavy atom. The van der Waals surface area contributed by atoms with Crippen molar-refractivity contribution in [1.29, 1.82) is 0 Å². The van der Waals surface area contributed by atoms with Crippen LogP contribution in [0.4, 0.5) is 0 Å². The van der Waals surface area contributed by atoms with Crippen LogP contribution >= 0.6 is 0 Å². The predicted octanol–water partition coefficient (Wildman–Crippen LogP) is 2.16. The van der Waals surface area contributed by atoms with Crippen LogP contribution in [-0.4, -0.2) is 36.7 Å². The number of aromatic nitrogens is 1. The van der Waals surface area contributed by atoms with Gasteiger partial charge in [0.05, 0.1) is 6.54 Å². The maximum atomic E-state index is 12.2. The molecule has 0 atom stereocenters. The van der Waals surface area contributed by atoms with Crippen molar-refractivity contribution in [3.8, 4) is 22.8 Å². The molecule has 8 nitrogen and oxygen atoms in total. The molecular weight excluding hydrogens is 374 g/mol. The van der Waals surface area contributed by atoms with Gasteiger partial charge in [0.15, 0.2) is 23.0 Å². The van der Waals surface area contributed by atoms with Crippen molar-refractivity contribution < 1.29 is 23.6 Å². The third kappa shape index (κ3) is 4.55. The average molecular weight is 393 g/mol. The molecule has 2 amide bonds. The van der Waals surface area contributed by atoms with Crippen molar-refractivity contribution in [2.24, 2.45) is 0 Å². The summed E-state index contributed by atoms with van der Waals surface area (Å²) in [5.41, 5.74) is 1.80. The number of fused-ring (bicyclic) bond motifs is 1. The highest BCUT2D eigenvalue weighted by Gasteiger charge is 2.15. The van der Waals surface area contributed by atoms with Gasteiger partial charge in [-0.15, -0.1) is 0 Å². The lowest BCUT2D eigenvalue weighted by atomic mass is 10.1. The van der Waals surface area contributed by atoms with Crippen molar-refractivity contribution in [2.75, 3.05) is 19.8 Å². The molecule has 0 spiro atoms. The van der Waals surface area contributed by atoms with Gasteiger partial charge >= 0.3 is 0 Å². The highest BCUT2D eigenvalue weighted by atomic mass is 16.6. The van der Waals surface area contributed by atoms with Crippen molar-refractivity contribution >= 4 is 11.8 Å². The molecule has 148 valence electrons. The lowest BCUT2D eigenvalue weighted by Gasteiger charge is -2.19. The Morgan fingerprint density at radius 3 is 2.55 bits per heavy atom. The van der Waals surface area contributed by atoms with Crippen molar-refractivity contribution in [3.63, 3.8) is 0 Å². The van der Waals surface area contributed by atoms with Crippen LogP contribution in [-0.2, 0) is 11.3 Å². The van der Waals surface area contributed by atoms with E-state index in [4.69, 9.17) is 14.0 Å². The van der Waals surface area contributed by atoms with Crippen LogP contribution in [0.5, 0.6) is 11.5 Å². The fourth-order valence-electron chi connectivity index (χ4n) is 2.83. The van der Waals surface area contributed by atoms with Gasteiger partial charge in [-0.2, -0.15) is 0 Å². The number of hydrogen-bond acceptors (Lipinski definition) is 6. The number of carbonyl (C=O) groups excluding carboxylic acids is 2. The van der Waals surface area contributed by atoms with Gasteiger partial charge in [-0.05, 0) is 17.7 Å². The van der Waals surface area contributed by atoms with Crippen molar-refractivity contribution in [1.82, 2.24) is 15.8 Å². The summed E-state index contributed by atoms with van der Waals surface area (Å²) in [7, 11) is 0. The fraction of sp³-hybridized carbons (Fsp3) is 0.190. The Kier molecular flexibility index (Phi) is 5.42. The molecule has 1 aliphatic heterocycles. The zero-order valence-electron chi connectivity index (χ0n) is 15.5. The molecule has 0 saturated carbocycles. The maximum absolute atomic E-state index is 12.2. The summed E-state index contributed by atoms with van der Waals surface area (Å²) in [5, 5.41) is 9.04. The normalized spacial score (nSPS) is 12.3. The van der Waals surface area contributed by atoms with E-state index in [1.807, 2.05) is 48.5 Å². The molecule has 0 saturated heterocycles. The highest BCUT2D eigenvalue weighted by molar-refractivity contribution is 5.95. The van der Waals surface area contributed by atoms with Crippen molar-refractivity contribution in [3.05, 3.63) is 65.9 Å². The van der Waals surface area contributed by atoms with Crippen LogP contribution in [0.3, 0.4) is 0 Å². The summed E-state index contributed by atoms with van der Waals surface area (Å²) in [4.78, 5) is 24.2. The zero-order chi connectivity index (χ0) is 20.1. The number of hydrogen-bond donors (Lipinski definition) is 2. The molecule has 2 heterocycles. The first kappa shape index (κ1) is 18.5. The van der Waals surface area contributed by atoms with Crippen molar-refractivity contribution in [2.45, 2.75) is 6.54 Å². The van der Waals surface area contributed by atoms with Gasteiger partial charge in [0, 0.05) is 18.2 Å². The number of rotatable bonds is 6. The Hall–Kier alpha value is -3.81. The van der Waals surface area contributed by atoms with Crippen LogP contribution in [0.1, 0.15) is 16.1 Å². The molecule has 8 heteroatoms. The second-order valence-electron chi connectivity index (χ2n) is 6.38. The first-order chi connectivity index (χ1) is 14.2. The average Bonchev–Trinajstić information content (AvgIpc) is 3.27. The molecule has 0 radical (unpaired) electrons. The summed E-state index contributed by atoms with van der Waals surface area (Å²) in [6.07, 6.45) is 0. The zero-order valence-corrected chi connectivity index (χ0v) is 15.5. The molecule has 29 heavy (non-hydrogen) atoms. The standard InChI is InChI=1S/C21H19N3O5/c25-20(22-12-14-6-7-17-19(10-14)28-9-8-27-17)13-23-21(26)16-11-18(29-24-16)15-4-2-1-3-5-15/h1-7,10-11H,8-9,12-13H2,(H,22,25)(H,23,26). The first-order valence-corrected chi connectivity index (χ1v) is 9.14.